The second-order valence-electron chi connectivity index (χ2n) is 8.39. The number of anilines is 1. The van der Waals surface area contributed by atoms with Crippen LogP contribution < -0.4 is 10.1 Å². The smallest absolute Gasteiger partial charge is 0.244 e. The summed E-state index contributed by atoms with van der Waals surface area (Å²) in [6, 6.07) is 6.37. The number of methoxy groups -OCH3 is 1. The molecule has 0 amide bonds. The van der Waals surface area contributed by atoms with Gasteiger partial charge in [0.15, 0.2) is 5.65 Å². The Hall–Kier alpha value is -3.20. The molecule has 0 bridgehead atoms. The highest BCUT2D eigenvalue weighted by Crippen LogP contribution is 2.42. The molecule has 2 aliphatic rings. The Morgan fingerprint density at radius 1 is 1.20 bits per heavy atom. The standard InChI is InChI=1S/C21H23N7O2/c1-29-19-18-16(14-2-3-17-25-22-13-27(17)10-14)6-9-28(18)26-20(24-19)23-15-4-7-21(8-5-15)11-30-12-21/h2-3,6,9-10,13,15H,4-5,7-8,11-12H2,1H3,(H,23,26). The van der Waals surface area contributed by atoms with Gasteiger partial charge in [-0.2, -0.15) is 4.98 Å². The van der Waals surface area contributed by atoms with Crippen LogP contribution in [0.1, 0.15) is 25.7 Å². The van der Waals surface area contributed by atoms with Crippen molar-refractivity contribution in [2.24, 2.45) is 5.41 Å². The minimum atomic E-state index is 0.379. The molecule has 1 spiro atoms. The van der Waals surface area contributed by atoms with Crippen molar-refractivity contribution in [1.82, 2.24) is 29.2 Å². The molecule has 4 aromatic heterocycles. The summed E-state index contributed by atoms with van der Waals surface area (Å²) in [5, 5.41) is 16.2. The number of hydrogen-bond acceptors (Lipinski definition) is 7. The normalized spacial score (nSPS) is 18.7. The molecule has 9 heteroatoms. The van der Waals surface area contributed by atoms with Crippen LogP contribution in [0.15, 0.2) is 36.9 Å². The first-order valence-electron chi connectivity index (χ1n) is 10.3. The minimum absolute atomic E-state index is 0.379. The number of pyridine rings is 1. The molecule has 0 atom stereocenters. The van der Waals surface area contributed by atoms with E-state index in [-0.39, 0.29) is 0 Å². The highest BCUT2D eigenvalue weighted by Gasteiger charge is 2.41. The zero-order valence-electron chi connectivity index (χ0n) is 16.8. The van der Waals surface area contributed by atoms with Gasteiger partial charge in [-0.1, -0.05) is 0 Å². The summed E-state index contributed by atoms with van der Waals surface area (Å²) in [6.07, 6.45) is 10.3. The minimum Gasteiger partial charge on any atom is -0.479 e. The SMILES string of the molecule is COc1nc(NC2CCC3(CC2)COC3)nn2ccc(-c3ccc4nncn4c3)c12. The van der Waals surface area contributed by atoms with Gasteiger partial charge in [0.1, 0.15) is 11.8 Å². The summed E-state index contributed by atoms with van der Waals surface area (Å²) in [5.74, 6) is 1.15. The summed E-state index contributed by atoms with van der Waals surface area (Å²) in [5.41, 5.74) is 4.10. The maximum Gasteiger partial charge on any atom is 0.244 e. The van der Waals surface area contributed by atoms with Gasteiger partial charge in [0.2, 0.25) is 11.8 Å². The van der Waals surface area contributed by atoms with E-state index >= 15 is 0 Å². The van der Waals surface area contributed by atoms with E-state index in [4.69, 9.17) is 14.6 Å². The summed E-state index contributed by atoms with van der Waals surface area (Å²) in [4.78, 5) is 4.67. The number of aromatic nitrogens is 6. The van der Waals surface area contributed by atoms with Gasteiger partial charge in [-0.05, 0) is 43.9 Å². The molecule has 30 heavy (non-hydrogen) atoms. The summed E-state index contributed by atoms with van der Waals surface area (Å²) >= 11 is 0. The zero-order valence-corrected chi connectivity index (χ0v) is 16.8. The molecule has 5 heterocycles. The van der Waals surface area contributed by atoms with Crippen LogP contribution in [0.2, 0.25) is 0 Å². The van der Waals surface area contributed by atoms with Crippen molar-refractivity contribution in [3.8, 4) is 17.0 Å². The number of hydrogen-bond donors (Lipinski definition) is 1. The third-order valence-electron chi connectivity index (χ3n) is 6.47. The Labute approximate surface area is 173 Å². The molecule has 1 aliphatic carbocycles. The van der Waals surface area contributed by atoms with Crippen LogP contribution in [0.25, 0.3) is 22.3 Å². The number of nitrogens with one attached hydrogen (secondary N) is 1. The molecule has 1 N–H and O–H groups in total. The lowest BCUT2D eigenvalue weighted by molar-refractivity contribution is -0.131. The Kier molecular flexibility index (Phi) is 3.92. The third-order valence-corrected chi connectivity index (χ3v) is 6.47. The Balaban J connectivity index is 1.31. The van der Waals surface area contributed by atoms with Crippen LogP contribution in [-0.4, -0.2) is 55.6 Å². The Morgan fingerprint density at radius 2 is 2.07 bits per heavy atom. The van der Waals surface area contributed by atoms with Crippen molar-refractivity contribution in [2.45, 2.75) is 31.7 Å². The van der Waals surface area contributed by atoms with Gasteiger partial charge >= 0.3 is 0 Å². The monoisotopic (exact) mass is 405 g/mol. The fourth-order valence-electron chi connectivity index (χ4n) is 4.65. The summed E-state index contributed by atoms with van der Waals surface area (Å²) in [7, 11) is 1.65. The zero-order chi connectivity index (χ0) is 20.1. The molecule has 1 aliphatic heterocycles. The first-order valence-corrected chi connectivity index (χ1v) is 10.3. The quantitative estimate of drug-likeness (QED) is 0.558. The first kappa shape index (κ1) is 17.6. The average Bonchev–Trinajstić information content (AvgIpc) is 3.39. The molecule has 1 saturated heterocycles. The van der Waals surface area contributed by atoms with E-state index < -0.39 is 0 Å². The third kappa shape index (κ3) is 2.80. The van der Waals surface area contributed by atoms with E-state index in [9.17, 15) is 0 Å². The molecular formula is C21H23N7O2. The van der Waals surface area contributed by atoms with Gasteiger partial charge in [0.25, 0.3) is 0 Å². The van der Waals surface area contributed by atoms with Gasteiger partial charge in [-0.3, -0.25) is 4.40 Å². The van der Waals surface area contributed by atoms with Crippen LogP contribution >= 0.6 is 0 Å². The molecule has 1 saturated carbocycles. The first-order chi connectivity index (χ1) is 14.7. The van der Waals surface area contributed by atoms with Crippen molar-refractivity contribution in [3.05, 3.63) is 36.9 Å². The highest BCUT2D eigenvalue weighted by atomic mass is 16.5. The number of rotatable bonds is 4. The van der Waals surface area contributed by atoms with E-state index in [0.29, 0.717) is 23.3 Å². The van der Waals surface area contributed by atoms with Crippen molar-refractivity contribution in [1.29, 1.82) is 0 Å². The molecule has 0 aromatic carbocycles. The predicted molar refractivity (Wildman–Crippen MR) is 111 cm³/mol. The lowest BCUT2D eigenvalue weighted by Gasteiger charge is -2.46. The van der Waals surface area contributed by atoms with Gasteiger partial charge < -0.3 is 14.8 Å². The number of fused-ring (bicyclic) bond motifs is 2. The molecule has 0 radical (unpaired) electrons. The maximum atomic E-state index is 5.65. The van der Waals surface area contributed by atoms with Crippen molar-refractivity contribution in [2.75, 3.05) is 25.6 Å². The van der Waals surface area contributed by atoms with Crippen molar-refractivity contribution in [3.63, 3.8) is 0 Å². The average molecular weight is 405 g/mol. The van der Waals surface area contributed by atoms with E-state index in [1.54, 1.807) is 13.4 Å². The van der Waals surface area contributed by atoms with E-state index in [1.807, 2.05) is 39.5 Å². The van der Waals surface area contributed by atoms with E-state index in [0.717, 1.165) is 48.3 Å². The van der Waals surface area contributed by atoms with Crippen LogP contribution in [0, 0.1) is 5.41 Å². The molecule has 9 nitrogen and oxygen atoms in total. The molecule has 0 unspecified atom stereocenters. The topological polar surface area (TPSA) is 90.9 Å². The fraction of sp³-hybridized carbons (Fsp3) is 0.429. The second kappa shape index (κ2) is 6.66. The maximum absolute atomic E-state index is 5.65. The molecular weight excluding hydrogens is 382 g/mol. The Bertz CT molecular complexity index is 1220. The second-order valence-corrected chi connectivity index (χ2v) is 8.39. The van der Waals surface area contributed by atoms with Gasteiger partial charge in [0, 0.05) is 35.0 Å². The summed E-state index contributed by atoms with van der Waals surface area (Å²) < 4.78 is 14.8. The molecule has 6 rings (SSSR count). The van der Waals surface area contributed by atoms with Crippen molar-refractivity contribution < 1.29 is 9.47 Å². The number of ether oxygens (including phenoxy) is 2. The lowest BCUT2D eigenvalue weighted by Crippen LogP contribution is -2.47. The summed E-state index contributed by atoms with van der Waals surface area (Å²) in [6.45, 7) is 1.84. The molecule has 4 aromatic rings. The van der Waals surface area contributed by atoms with Gasteiger partial charge in [-0.25, -0.2) is 4.52 Å². The van der Waals surface area contributed by atoms with Crippen molar-refractivity contribution >= 4 is 17.1 Å². The van der Waals surface area contributed by atoms with Crippen LogP contribution in [0.3, 0.4) is 0 Å². The highest BCUT2D eigenvalue weighted by molar-refractivity contribution is 5.84. The Morgan fingerprint density at radius 3 is 2.83 bits per heavy atom. The molecule has 2 fully saturated rings. The molecule has 154 valence electrons. The predicted octanol–water partition coefficient (Wildman–Crippen LogP) is 2.82. The van der Waals surface area contributed by atoms with Crippen LogP contribution in [-0.2, 0) is 4.74 Å². The lowest BCUT2D eigenvalue weighted by atomic mass is 9.71. The van der Waals surface area contributed by atoms with Gasteiger partial charge in [-0.15, -0.1) is 15.3 Å². The van der Waals surface area contributed by atoms with Crippen LogP contribution in [0.5, 0.6) is 5.88 Å². The van der Waals surface area contributed by atoms with E-state index in [2.05, 4.69) is 20.5 Å². The fourth-order valence-corrected chi connectivity index (χ4v) is 4.65. The van der Waals surface area contributed by atoms with Gasteiger partial charge in [0.05, 0.1) is 20.3 Å². The van der Waals surface area contributed by atoms with E-state index in [1.165, 1.54) is 12.8 Å². The van der Waals surface area contributed by atoms with Crippen LogP contribution in [0.4, 0.5) is 5.95 Å². The number of nitrogens with zero attached hydrogens (tertiary/aromatic N) is 6. The largest absolute Gasteiger partial charge is 0.479 e.